The third-order valence-electron chi connectivity index (χ3n) is 2.85. The molecule has 92 valence electrons. The molecule has 0 atom stereocenters. The molecule has 1 aliphatic rings. The fraction of sp³-hybridized carbons (Fsp3) is 0.462. The van der Waals surface area contributed by atoms with Crippen LogP contribution in [0.2, 0.25) is 0 Å². The van der Waals surface area contributed by atoms with Gasteiger partial charge in [-0.1, -0.05) is 12.1 Å². The summed E-state index contributed by atoms with van der Waals surface area (Å²) in [6.07, 6.45) is 0. The average Bonchev–Trinajstić information content (AvgIpc) is 2.28. The third kappa shape index (κ3) is 2.97. The Morgan fingerprint density at radius 1 is 1.47 bits per heavy atom. The van der Waals surface area contributed by atoms with Crippen molar-refractivity contribution < 1.29 is 9.53 Å². The Kier molecular flexibility index (Phi) is 3.98. The molecule has 0 aromatic heterocycles. The van der Waals surface area contributed by atoms with Gasteiger partial charge in [-0.05, 0) is 19.1 Å². The number of carbonyl (C=O) groups is 1. The van der Waals surface area contributed by atoms with E-state index in [4.69, 9.17) is 4.74 Å². The molecule has 1 amide bonds. The van der Waals surface area contributed by atoms with E-state index in [-0.39, 0.29) is 5.91 Å². The highest BCUT2D eigenvalue weighted by Crippen LogP contribution is 2.17. The fourth-order valence-corrected chi connectivity index (χ4v) is 1.76. The van der Waals surface area contributed by atoms with Crippen LogP contribution >= 0.6 is 0 Å². The second-order valence-electron chi connectivity index (χ2n) is 4.16. The minimum absolute atomic E-state index is 0.0547. The van der Waals surface area contributed by atoms with Crippen molar-refractivity contribution in [1.82, 2.24) is 10.6 Å². The van der Waals surface area contributed by atoms with E-state index in [2.05, 4.69) is 10.6 Å². The summed E-state index contributed by atoms with van der Waals surface area (Å²) in [5.74, 6) is 1.17. The number of benzene rings is 1. The molecule has 17 heavy (non-hydrogen) atoms. The van der Waals surface area contributed by atoms with Crippen molar-refractivity contribution in [2.45, 2.75) is 6.92 Å². The first-order chi connectivity index (χ1) is 8.31. The molecule has 1 fully saturated rings. The van der Waals surface area contributed by atoms with Crippen LogP contribution in [0.3, 0.4) is 0 Å². The summed E-state index contributed by atoms with van der Waals surface area (Å²) >= 11 is 0. The van der Waals surface area contributed by atoms with Gasteiger partial charge in [0.2, 0.25) is 0 Å². The van der Waals surface area contributed by atoms with Gasteiger partial charge in [-0.3, -0.25) is 4.79 Å². The molecular formula is C13H18N2O2. The standard InChI is InChI=1S/C13H18N2O2/c1-2-17-12-6-4-3-5-11(12)13(16)15-9-10-7-14-8-10/h3-6,10,14H,2,7-9H2,1H3,(H,15,16). The molecule has 0 spiro atoms. The number of amides is 1. The molecule has 0 saturated carbocycles. The predicted octanol–water partition coefficient (Wildman–Crippen LogP) is 1.03. The van der Waals surface area contributed by atoms with Gasteiger partial charge in [0.15, 0.2) is 0 Å². The first-order valence-corrected chi connectivity index (χ1v) is 6.02. The van der Waals surface area contributed by atoms with Crippen molar-refractivity contribution in [2.75, 3.05) is 26.2 Å². The van der Waals surface area contributed by atoms with Crippen LogP contribution in [0.5, 0.6) is 5.75 Å². The van der Waals surface area contributed by atoms with Crippen molar-refractivity contribution in [3.63, 3.8) is 0 Å². The van der Waals surface area contributed by atoms with Crippen LogP contribution in [0, 0.1) is 5.92 Å². The molecule has 4 heteroatoms. The number of rotatable bonds is 5. The van der Waals surface area contributed by atoms with Crippen molar-refractivity contribution >= 4 is 5.91 Å². The fourth-order valence-electron chi connectivity index (χ4n) is 1.76. The van der Waals surface area contributed by atoms with E-state index in [0.717, 1.165) is 19.6 Å². The summed E-state index contributed by atoms with van der Waals surface area (Å²) in [6, 6.07) is 7.34. The molecular weight excluding hydrogens is 216 g/mol. The lowest BCUT2D eigenvalue weighted by atomic mass is 10.0. The monoisotopic (exact) mass is 234 g/mol. The Bertz CT molecular complexity index is 389. The van der Waals surface area contributed by atoms with Gasteiger partial charge in [0.1, 0.15) is 5.75 Å². The Labute approximate surface area is 101 Å². The zero-order valence-corrected chi connectivity index (χ0v) is 10.0. The topological polar surface area (TPSA) is 50.4 Å². The quantitative estimate of drug-likeness (QED) is 0.800. The van der Waals surface area contributed by atoms with E-state index < -0.39 is 0 Å². The molecule has 1 aromatic rings. The second kappa shape index (κ2) is 5.68. The minimum Gasteiger partial charge on any atom is -0.493 e. The van der Waals surface area contributed by atoms with Crippen LogP contribution in [-0.4, -0.2) is 32.1 Å². The lowest BCUT2D eigenvalue weighted by Crippen LogP contribution is -2.48. The lowest BCUT2D eigenvalue weighted by molar-refractivity contribution is 0.0938. The highest BCUT2D eigenvalue weighted by Gasteiger charge is 2.18. The van der Waals surface area contributed by atoms with Gasteiger partial charge in [0, 0.05) is 25.6 Å². The number of nitrogens with one attached hydrogen (secondary N) is 2. The molecule has 0 unspecified atom stereocenters. The molecule has 0 radical (unpaired) electrons. The van der Waals surface area contributed by atoms with E-state index in [1.165, 1.54) is 0 Å². The minimum atomic E-state index is -0.0547. The average molecular weight is 234 g/mol. The van der Waals surface area contributed by atoms with Crippen LogP contribution in [-0.2, 0) is 0 Å². The summed E-state index contributed by atoms with van der Waals surface area (Å²) < 4.78 is 5.43. The van der Waals surface area contributed by atoms with E-state index in [9.17, 15) is 4.79 Å². The third-order valence-corrected chi connectivity index (χ3v) is 2.85. The smallest absolute Gasteiger partial charge is 0.255 e. The van der Waals surface area contributed by atoms with E-state index >= 15 is 0 Å². The highest BCUT2D eigenvalue weighted by atomic mass is 16.5. The van der Waals surface area contributed by atoms with Crippen LogP contribution < -0.4 is 15.4 Å². The molecule has 1 heterocycles. The molecule has 2 rings (SSSR count). The van der Waals surface area contributed by atoms with Crippen LogP contribution in [0.25, 0.3) is 0 Å². The van der Waals surface area contributed by atoms with E-state index in [1.54, 1.807) is 6.07 Å². The Balaban J connectivity index is 1.96. The molecule has 1 aromatic carbocycles. The van der Waals surface area contributed by atoms with E-state index in [1.807, 2.05) is 25.1 Å². The Hall–Kier alpha value is -1.55. The summed E-state index contributed by atoms with van der Waals surface area (Å²) in [5.41, 5.74) is 0.613. The van der Waals surface area contributed by atoms with Gasteiger partial charge in [-0.2, -0.15) is 0 Å². The zero-order valence-electron chi connectivity index (χ0n) is 10.0. The van der Waals surface area contributed by atoms with Crippen molar-refractivity contribution in [2.24, 2.45) is 5.92 Å². The number of hydrogen-bond donors (Lipinski definition) is 2. The number of hydrogen-bond acceptors (Lipinski definition) is 3. The Morgan fingerprint density at radius 3 is 2.88 bits per heavy atom. The van der Waals surface area contributed by atoms with Crippen molar-refractivity contribution in [3.05, 3.63) is 29.8 Å². The highest BCUT2D eigenvalue weighted by molar-refractivity contribution is 5.96. The van der Waals surface area contributed by atoms with Gasteiger partial charge >= 0.3 is 0 Å². The van der Waals surface area contributed by atoms with Crippen molar-refractivity contribution in [1.29, 1.82) is 0 Å². The molecule has 0 aliphatic carbocycles. The molecule has 2 N–H and O–H groups in total. The van der Waals surface area contributed by atoms with Gasteiger partial charge in [0.05, 0.1) is 12.2 Å². The summed E-state index contributed by atoms with van der Waals surface area (Å²) in [4.78, 5) is 12.0. The van der Waals surface area contributed by atoms with Crippen LogP contribution in [0.15, 0.2) is 24.3 Å². The predicted molar refractivity (Wildman–Crippen MR) is 66.3 cm³/mol. The van der Waals surface area contributed by atoms with Gasteiger partial charge in [0.25, 0.3) is 5.91 Å². The number of carbonyl (C=O) groups excluding carboxylic acids is 1. The summed E-state index contributed by atoms with van der Waals surface area (Å²) in [5, 5.41) is 6.12. The first kappa shape index (κ1) is 11.9. The zero-order chi connectivity index (χ0) is 12.1. The van der Waals surface area contributed by atoms with Crippen LogP contribution in [0.1, 0.15) is 17.3 Å². The Morgan fingerprint density at radius 2 is 2.24 bits per heavy atom. The molecule has 0 bridgehead atoms. The maximum absolute atomic E-state index is 12.0. The normalized spacial score (nSPS) is 15.1. The van der Waals surface area contributed by atoms with Gasteiger partial charge in [-0.25, -0.2) is 0 Å². The second-order valence-corrected chi connectivity index (χ2v) is 4.16. The first-order valence-electron chi connectivity index (χ1n) is 6.02. The van der Waals surface area contributed by atoms with E-state index in [0.29, 0.717) is 23.8 Å². The molecule has 1 aliphatic heterocycles. The molecule has 4 nitrogen and oxygen atoms in total. The van der Waals surface area contributed by atoms with Gasteiger partial charge in [-0.15, -0.1) is 0 Å². The largest absolute Gasteiger partial charge is 0.493 e. The number of ether oxygens (including phenoxy) is 1. The summed E-state index contributed by atoms with van der Waals surface area (Å²) in [7, 11) is 0. The number of para-hydroxylation sites is 1. The molecule has 1 saturated heterocycles. The lowest BCUT2D eigenvalue weighted by Gasteiger charge is -2.27. The maximum Gasteiger partial charge on any atom is 0.255 e. The van der Waals surface area contributed by atoms with Crippen molar-refractivity contribution in [3.8, 4) is 5.75 Å². The SMILES string of the molecule is CCOc1ccccc1C(=O)NCC1CNC1. The summed E-state index contributed by atoms with van der Waals surface area (Å²) in [6.45, 7) is 5.19. The maximum atomic E-state index is 12.0. The van der Waals surface area contributed by atoms with Gasteiger partial charge < -0.3 is 15.4 Å². The van der Waals surface area contributed by atoms with Crippen LogP contribution in [0.4, 0.5) is 0 Å².